The molecular formula is C20H21BrFN3OS. The van der Waals surface area contributed by atoms with E-state index in [9.17, 15) is 9.18 Å². The largest absolute Gasteiger partial charge is 0.302 e. The first-order valence-corrected chi connectivity index (χ1v) is 10.5. The quantitative estimate of drug-likeness (QED) is 0.498. The van der Waals surface area contributed by atoms with Crippen LogP contribution >= 0.6 is 27.3 Å². The molecule has 0 bridgehead atoms. The molecule has 0 aliphatic heterocycles. The fourth-order valence-corrected chi connectivity index (χ4v) is 4.10. The second-order valence-corrected chi connectivity index (χ2v) is 8.00. The van der Waals surface area contributed by atoms with Gasteiger partial charge in [0.1, 0.15) is 11.3 Å². The standard InChI is InChI=1S/C20H21BrFN3OS/c1-3-24(4-2)12-13-25(19(26)14-8-10-15(21)11-9-14)20-23-18-16(22)6-5-7-17(18)27-20/h5-11H,3-4,12-13H2,1-2H3. The van der Waals surface area contributed by atoms with Gasteiger partial charge in [0.15, 0.2) is 5.13 Å². The van der Waals surface area contributed by atoms with Crippen LogP contribution in [0.15, 0.2) is 46.9 Å². The summed E-state index contributed by atoms with van der Waals surface area (Å²) in [6, 6.07) is 12.1. The van der Waals surface area contributed by atoms with E-state index < -0.39 is 0 Å². The Kier molecular flexibility index (Phi) is 6.57. The molecule has 7 heteroatoms. The van der Waals surface area contributed by atoms with Gasteiger partial charge in [0, 0.05) is 23.1 Å². The van der Waals surface area contributed by atoms with E-state index in [1.807, 2.05) is 18.2 Å². The van der Waals surface area contributed by atoms with Crippen molar-refractivity contribution in [3.05, 3.63) is 58.3 Å². The summed E-state index contributed by atoms with van der Waals surface area (Å²) in [5.41, 5.74) is 0.895. The molecule has 1 heterocycles. The van der Waals surface area contributed by atoms with Crippen molar-refractivity contribution in [3.63, 3.8) is 0 Å². The van der Waals surface area contributed by atoms with E-state index in [4.69, 9.17) is 0 Å². The first-order valence-electron chi connectivity index (χ1n) is 8.88. The van der Waals surface area contributed by atoms with Crippen molar-refractivity contribution < 1.29 is 9.18 Å². The Morgan fingerprint density at radius 2 is 1.81 bits per heavy atom. The first-order chi connectivity index (χ1) is 13.0. The van der Waals surface area contributed by atoms with Gasteiger partial charge in [-0.05, 0) is 49.5 Å². The summed E-state index contributed by atoms with van der Waals surface area (Å²) < 4.78 is 15.7. The molecular weight excluding hydrogens is 429 g/mol. The molecule has 27 heavy (non-hydrogen) atoms. The summed E-state index contributed by atoms with van der Waals surface area (Å²) in [5.74, 6) is -0.496. The van der Waals surface area contributed by atoms with Gasteiger partial charge in [0.2, 0.25) is 0 Å². The zero-order valence-electron chi connectivity index (χ0n) is 15.3. The Morgan fingerprint density at radius 1 is 1.11 bits per heavy atom. The molecule has 0 N–H and O–H groups in total. The number of carbonyl (C=O) groups is 1. The van der Waals surface area contributed by atoms with E-state index in [0.29, 0.717) is 22.8 Å². The molecule has 0 spiro atoms. The van der Waals surface area contributed by atoms with Gasteiger partial charge >= 0.3 is 0 Å². The molecule has 0 radical (unpaired) electrons. The Balaban J connectivity index is 1.96. The SMILES string of the molecule is CCN(CC)CCN(C(=O)c1ccc(Br)cc1)c1nc2c(F)cccc2s1. The summed E-state index contributed by atoms with van der Waals surface area (Å²) in [7, 11) is 0. The molecule has 0 atom stereocenters. The second-order valence-electron chi connectivity index (χ2n) is 6.07. The van der Waals surface area contributed by atoms with E-state index in [1.165, 1.54) is 17.4 Å². The highest BCUT2D eigenvalue weighted by molar-refractivity contribution is 9.10. The van der Waals surface area contributed by atoms with Gasteiger partial charge in [-0.15, -0.1) is 0 Å². The monoisotopic (exact) mass is 449 g/mol. The number of para-hydroxylation sites is 1. The zero-order chi connectivity index (χ0) is 19.4. The molecule has 3 rings (SSSR count). The number of halogens is 2. The molecule has 0 aliphatic carbocycles. The van der Waals surface area contributed by atoms with E-state index in [2.05, 4.69) is 39.7 Å². The summed E-state index contributed by atoms with van der Waals surface area (Å²) in [6.07, 6.45) is 0. The Morgan fingerprint density at radius 3 is 2.44 bits per heavy atom. The van der Waals surface area contributed by atoms with Crippen LogP contribution in [-0.2, 0) is 0 Å². The van der Waals surface area contributed by atoms with Crippen LogP contribution in [0, 0.1) is 5.82 Å². The molecule has 0 aliphatic rings. The van der Waals surface area contributed by atoms with Gasteiger partial charge in [0.05, 0.1) is 4.70 Å². The lowest BCUT2D eigenvalue weighted by molar-refractivity contribution is 0.0983. The topological polar surface area (TPSA) is 36.4 Å². The minimum Gasteiger partial charge on any atom is -0.302 e. The van der Waals surface area contributed by atoms with Gasteiger partial charge in [0.25, 0.3) is 5.91 Å². The third-order valence-corrected chi connectivity index (χ3v) is 6.03. The van der Waals surface area contributed by atoms with Gasteiger partial charge in [-0.2, -0.15) is 0 Å². The molecule has 0 fully saturated rings. The maximum Gasteiger partial charge on any atom is 0.260 e. The maximum absolute atomic E-state index is 14.1. The van der Waals surface area contributed by atoms with E-state index in [1.54, 1.807) is 23.1 Å². The summed E-state index contributed by atoms with van der Waals surface area (Å²) in [6.45, 7) is 7.23. The predicted molar refractivity (Wildman–Crippen MR) is 113 cm³/mol. The average molecular weight is 450 g/mol. The maximum atomic E-state index is 14.1. The van der Waals surface area contributed by atoms with E-state index in [0.717, 1.165) is 28.8 Å². The number of amides is 1. The predicted octanol–water partition coefficient (Wildman–Crippen LogP) is 5.19. The van der Waals surface area contributed by atoms with Crippen molar-refractivity contribution in [1.29, 1.82) is 0 Å². The molecule has 0 saturated heterocycles. The van der Waals surface area contributed by atoms with Crippen LogP contribution in [0.1, 0.15) is 24.2 Å². The number of aromatic nitrogens is 1. The summed E-state index contributed by atoms with van der Waals surface area (Å²) in [5, 5.41) is 0.523. The van der Waals surface area contributed by atoms with Gasteiger partial charge in [-0.25, -0.2) is 9.37 Å². The van der Waals surface area contributed by atoms with E-state index in [-0.39, 0.29) is 11.7 Å². The molecule has 0 unspecified atom stereocenters. The van der Waals surface area contributed by atoms with Crippen LogP contribution in [0.25, 0.3) is 10.2 Å². The van der Waals surface area contributed by atoms with Crippen LogP contribution in [0.5, 0.6) is 0 Å². The molecule has 142 valence electrons. The zero-order valence-corrected chi connectivity index (χ0v) is 17.7. The minimum absolute atomic E-state index is 0.130. The molecule has 0 saturated carbocycles. The first kappa shape index (κ1) is 19.9. The number of nitrogens with zero attached hydrogens (tertiary/aromatic N) is 3. The Hall–Kier alpha value is -1.83. The number of rotatable bonds is 7. The van der Waals surface area contributed by atoms with Gasteiger partial charge in [-0.3, -0.25) is 9.69 Å². The van der Waals surface area contributed by atoms with Gasteiger partial charge in [-0.1, -0.05) is 47.2 Å². The highest BCUT2D eigenvalue weighted by atomic mass is 79.9. The number of benzene rings is 2. The number of thiazole rings is 1. The number of carbonyl (C=O) groups excluding carboxylic acids is 1. The van der Waals surface area contributed by atoms with E-state index >= 15 is 0 Å². The van der Waals surface area contributed by atoms with Crippen molar-refractivity contribution in [2.24, 2.45) is 0 Å². The van der Waals surface area contributed by atoms with Gasteiger partial charge < -0.3 is 4.90 Å². The Bertz CT molecular complexity index is 925. The number of anilines is 1. The third kappa shape index (κ3) is 4.54. The molecule has 1 aromatic heterocycles. The van der Waals surface area contributed by atoms with Crippen molar-refractivity contribution >= 4 is 48.5 Å². The summed E-state index contributed by atoms with van der Waals surface area (Å²) in [4.78, 5) is 21.5. The number of likely N-dealkylation sites (N-methyl/N-ethyl adjacent to an activating group) is 1. The third-order valence-electron chi connectivity index (χ3n) is 4.46. The number of hydrogen-bond donors (Lipinski definition) is 0. The molecule has 3 aromatic rings. The molecule has 2 aromatic carbocycles. The fourth-order valence-electron chi connectivity index (χ4n) is 2.83. The number of fused-ring (bicyclic) bond motifs is 1. The lowest BCUT2D eigenvalue weighted by Gasteiger charge is -2.24. The van der Waals surface area contributed by atoms with Crippen molar-refractivity contribution in [2.45, 2.75) is 13.8 Å². The highest BCUT2D eigenvalue weighted by Crippen LogP contribution is 2.31. The number of hydrogen-bond acceptors (Lipinski definition) is 4. The van der Waals surface area contributed by atoms with Crippen molar-refractivity contribution in [1.82, 2.24) is 9.88 Å². The smallest absolute Gasteiger partial charge is 0.260 e. The molecule has 4 nitrogen and oxygen atoms in total. The highest BCUT2D eigenvalue weighted by Gasteiger charge is 2.22. The Labute approximate surface area is 170 Å². The van der Waals surface area contributed by atoms with Crippen LogP contribution in [0.3, 0.4) is 0 Å². The lowest BCUT2D eigenvalue weighted by atomic mass is 10.2. The van der Waals surface area contributed by atoms with Crippen molar-refractivity contribution in [3.8, 4) is 0 Å². The molecule has 1 amide bonds. The van der Waals surface area contributed by atoms with Crippen LogP contribution in [-0.4, -0.2) is 42.0 Å². The van der Waals surface area contributed by atoms with Crippen LogP contribution in [0.4, 0.5) is 9.52 Å². The van der Waals surface area contributed by atoms with Crippen molar-refractivity contribution in [2.75, 3.05) is 31.1 Å². The average Bonchev–Trinajstić information content (AvgIpc) is 3.11. The fraction of sp³-hybridized carbons (Fsp3) is 0.300. The minimum atomic E-state index is -0.366. The second kappa shape index (κ2) is 8.91. The normalized spacial score (nSPS) is 11.3. The van der Waals surface area contributed by atoms with Crippen LogP contribution in [0.2, 0.25) is 0 Å². The van der Waals surface area contributed by atoms with Crippen LogP contribution < -0.4 is 4.90 Å². The summed E-state index contributed by atoms with van der Waals surface area (Å²) >= 11 is 4.73. The lowest BCUT2D eigenvalue weighted by Crippen LogP contribution is -2.38.